The van der Waals surface area contributed by atoms with Crippen molar-refractivity contribution < 1.29 is 9.47 Å². The van der Waals surface area contributed by atoms with Gasteiger partial charge < -0.3 is 14.8 Å². The normalized spacial score (nSPS) is 19.9. The van der Waals surface area contributed by atoms with Gasteiger partial charge in [-0.3, -0.25) is 0 Å². The summed E-state index contributed by atoms with van der Waals surface area (Å²) in [4.78, 5) is 4.74. The summed E-state index contributed by atoms with van der Waals surface area (Å²) in [6.45, 7) is 0.306. The molecule has 2 aromatic rings. The molecule has 4 nitrogen and oxygen atoms in total. The van der Waals surface area contributed by atoms with Crippen LogP contribution in [0.5, 0.6) is 11.5 Å². The first-order valence-corrected chi connectivity index (χ1v) is 9.17. The number of ether oxygens (including phenoxy) is 2. The lowest BCUT2D eigenvalue weighted by molar-refractivity contribution is 0.174. The van der Waals surface area contributed by atoms with Crippen molar-refractivity contribution in [2.75, 3.05) is 12.1 Å². The van der Waals surface area contributed by atoms with Gasteiger partial charge in [0.05, 0.1) is 11.2 Å². The van der Waals surface area contributed by atoms with Crippen LogP contribution >= 0.6 is 22.9 Å². The van der Waals surface area contributed by atoms with E-state index in [1.165, 1.54) is 11.1 Å². The first kappa shape index (κ1) is 14.4. The van der Waals surface area contributed by atoms with E-state index in [-0.39, 0.29) is 5.54 Å². The minimum Gasteiger partial charge on any atom is -0.454 e. The van der Waals surface area contributed by atoms with Gasteiger partial charge in [-0.1, -0.05) is 23.7 Å². The second kappa shape index (κ2) is 5.26. The number of anilines is 1. The van der Waals surface area contributed by atoms with E-state index in [2.05, 4.69) is 22.8 Å². The van der Waals surface area contributed by atoms with Crippen LogP contribution in [0, 0.1) is 0 Å². The molecule has 0 amide bonds. The maximum Gasteiger partial charge on any atom is 0.231 e. The Balaban J connectivity index is 1.37. The highest BCUT2D eigenvalue weighted by molar-refractivity contribution is 7.13. The van der Waals surface area contributed by atoms with Crippen LogP contribution in [0.4, 0.5) is 5.13 Å². The fourth-order valence-electron chi connectivity index (χ4n) is 3.16. The number of halogens is 1. The Kier molecular flexibility index (Phi) is 3.15. The van der Waals surface area contributed by atoms with Gasteiger partial charge in [0.2, 0.25) is 6.79 Å². The predicted octanol–water partition coefficient (Wildman–Crippen LogP) is 4.88. The zero-order valence-electron chi connectivity index (χ0n) is 12.8. The summed E-state index contributed by atoms with van der Waals surface area (Å²) in [6.07, 6.45) is 6.96. The fourth-order valence-corrected chi connectivity index (χ4v) is 4.19. The number of thiazole rings is 1. The third-order valence-electron chi connectivity index (χ3n) is 4.68. The number of nitrogens with one attached hydrogen (secondary N) is 1. The average molecular weight is 359 g/mol. The van der Waals surface area contributed by atoms with Gasteiger partial charge in [-0.05, 0) is 42.2 Å². The van der Waals surface area contributed by atoms with Gasteiger partial charge in [-0.15, -0.1) is 11.3 Å². The first-order valence-electron chi connectivity index (χ1n) is 7.91. The molecular weight excluding hydrogens is 344 g/mol. The average Bonchev–Trinajstić information content (AvgIpc) is 2.99. The van der Waals surface area contributed by atoms with Crippen LogP contribution in [0.2, 0.25) is 0 Å². The third kappa shape index (κ3) is 2.39. The highest BCUT2D eigenvalue weighted by Crippen LogP contribution is 2.50. The van der Waals surface area contributed by atoms with Crippen LogP contribution in [0.15, 0.2) is 40.8 Å². The molecule has 24 heavy (non-hydrogen) atoms. The summed E-state index contributed by atoms with van der Waals surface area (Å²) in [6, 6.07) is 6.19. The lowest BCUT2D eigenvalue weighted by atomic mass is 10.0. The lowest BCUT2D eigenvalue weighted by Crippen LogP contribution is -2.18. The van der Waals surface area contributed by atoms with Crippen LogP contribution in [0.1, 0.15) is 30.5 Å². The molecule has 0 atom stereocenters. The van der Waals surface area contributed by atoms with Crippen molar-refractivity contribution in [3.8, 4) is 11.5 Å². The molecule has 1 aliphatic heterocycles. The van der Waals surface area contributed by atoms with Crippen molar-refractivity contribution in [1.82, 2.24) is 4.98 Å². The minimum atomic E-state index is -0.0317. The van der Waals surface area contributed by atoms with E-state index in [4.69, 9.17) is 26.1 Å². The Labute approximate surface area is 148 Å². The summed E-state index contributed by atoms with van der Waals surface area (Å²) in [5.41, 5.74) is 3.39. The standard InChI is InChI=1S/C18H15ClN2O2S/c19-13-3-1-11(7-13)14-9-24-17(20-14)21-18(5-6-18)12-2-4-15-16(8-12)23-10-22-15/h1-4,8-9H,5-7,10H2,(H,20,21). The maximum atomic E-state index is 6.05. The number of benzene rings is 1. The Bertz CT molecular complexity index is 883. The van der Waals surface area contributed by atoms with Crippen molar-refractivity contribution in [2.45, 2.75) is 24.8 Å². The molecule has 1 aromatic carbocycles. The van der Waals surface area contributed by atoms with Crippen LogP contribution < -0.4 is 14.8 Å². The van der Waals surface area contributed by atoms with Gasteiger partial charge in [-0.2, -0.15) is 0 Å². The summed E-state index contributed by atoms with van der Waals surface area (Å²) in [5.74, 6) is 1.65. The smallest absolute Gasteiger partial charge is 0.231 e. The van der Waals surface area contributed by atoms with Crippen molar-refractivity contribution in [1.29, 1.82) is 0 Å². The topological polar surface area (TPSA) is 43.4 Å². The lowest BCUT2D eigenvalue weighted by Gasteiger charge is -2.17. The van der Waals surface area contributed by atoms with E-state index >= 15 is 0 Å². The van der Waals surface area contributed by atoms with E-state index in [0.717, 1.165) is 46.6 Å². The maximum absolute atomic E-state index is 6.05. The highest BCUT2D eigenvalue weighted by atomic mass is 35.5. The van der Waals surface area contributed by atoms with E-state index in [9.17, 15) is 0 Å². The van der Waals surface area contributed by atoms with Crippen molar-refractivity contribution in [3.05, 3.63) is 52.0 Å². The van der Waals surface area contributed by atoms with E-state index in [0.29, 0.717) is 6.79 Å². The van der Waals surface area contributed by atoms with Crippen LogP contribution in [0.25, 0.3) is 5.57 Å². The van der Waals surface area contributed by atoms with Crippen LogP contribution in [-0.4, -0.2) is 11.8 Å². The molecule has 122 valence electrons. The van der Waals surface area contributed by atoms with Gasteiger partial charge in [-0.25, -0.2) is 4.98 Å². The van der Waals surface area contributed by atoms with Gasteiger partial charge in [0.1, 0.15) is 0 Å². The van der Waals surface area contributed by atoms with Gasteiger partial charge >= 0.3 is 0 Å². The van der Waals surface area contributed by atoms with Gasteiger partial charge in [0.25, 0.3) is 0 Å². The monoisotopic (exact) mass is 358 g/mol. The second-order valence-corrected chi connectivity index (χ2v) is 7.64. The Morgan fingerprint density at radius 2 is 2.04 bits per heavy atom. The number of nitrogens with zero attached hydrogens (tertiary/aromatic N) is 1. The minimum absolute atomic E-state index is 0.0317. The molecular formula is C18H15ClN2O2S. The first-order chi connectivity index (χ1) is 11.7. The number of hydrogen-bond acceptors (Lipinski definition) is 5. The fraction of sp³-hybridized carbons (Fsp3) is 0.278. The van der Waals surface area contributed by atoms with Gasteiger partial charge in [0.15, 0.2) is 16.6 Å². The number of allylic oxidation sites excluding steroid dienone is 4. The summed E-state index contributed by atoms with van der Waals surface area (Å²) in [7, 11) is 0. The molecule has 0 spiro atoms. The molecule has 1 fully saturated rings. The summed E-state index contributed by atoms with van der Waals surface area (Å²) >= 11 is 7.69. The van der Waals surface area contributed by atoms with Gasteiger partial charge in [0, 0.05) is 16.8 Å². The zero-order valence-corrected chi connectivity index (χ0v) is 14.4. The third-order valence-corrected chi connectivity index (χ3v) is 5.70. The number of hydrogen-bond donors (Lipinski definition) is 1. The Morgan fingerprint density at radius 3 is 2.83 bits per heavy atom. The molecule has 1 aromatic heterocycles. The number of aromatic nitrogens is 1. The highest BCUT2D eigenvalue weighted by Gasteiger charge is 2.45. The summed E-state index contributed by atoms with van der Waals surface area (Å²) in [5, 5.41) is 7.53. The molecule has 0 bridgehead atoms. The quantitative estimate of drug-likeness (QED) is 0.845. The van der Waals surface area contributed by atoms with Crippen LogP contribution in [0.3, 0.4) is 0 Å². The molecule has 0 saturated heterocycles. The molecule has 6 heteroatoms. The molecule has 3 aliphatic rings. The molecule has 2 heterocycles. The van der Waals surface area contributed by atoms with E-state index < -0.39 is 0 Å². The second-order valence-electron chi connectivity index (χ2n) is 6.30. The largest absolute Gasteiger partial charge is 0.454 e. The van der Waals surface area contributed by atoms with Crippen molar-refractivity contribution in [3.63, 3.8) is 0 Å². The molecule has 0 radical (unpaired) electrons. The Morgan fingerprint density at radius 1 is 1.17 bits per heavy atom. The Hall–Kier alpha value is -1.98. The molecule has 2 aliphatic carbocycles. The molecule has 1 N–H and O–H groups in total. The zero-order chi connectivity index (χ0) is 16.1. The SMILES string of the molecule is ClC1=CC=C(c2csc(NC3(c4ccc5c(c4)OCO5)CC3)n2)C1. The van der Waals surface area contributed by atoms with E-state index in [1.807, 2.05) is 18.2 Å². The van der Waals surface area contributed by atoms with E-state index in [1.54, 1.807) is 11.3 Å². The predicted molar refractivity (Wildman–Crippen MR) is 95.7 cm³/mol. The van der Waals surface area contributed by atoms with Crippen LogP contribution in [-0.2, 0) is 5.54 Å². The number of rotatable bonds is 4. The summed E-state index contributed by atoms with van der Waals surface area (Å²) < 4.78 is 10.9. The molecule has 5 rings (SSSR count). The van der Waals surface area contributed by atoms with Crippen molar-refractivity contribution in [2.24, 2.45) is 0 Å². The molecule has 1 saturated carbocycles. The number of fused-ring (bicyclic) bond motifs is 1. The molecule has 0 unspecified atom stereocenters. The van der Waals surface area contributed by atoms with Crippen molar-refractivity contribution >= 4 is 33.6 Å².